The molecule has 0 aromatic carbocycles. The molecule has 2 heterocycles. The predicted molar refractivity (Wildman–Crippen MR) is 77.1 cm³/mol. The summed E-state index contributed by atoms with van der Waals surface area (Å²) in [5, 5.41) is 7.32. The summed E-state index contributed by atoms with van der Waals surface area (Å²) in [4.78, 5) is 12.1. The number of halogens is 1. The fraction of sp³-hybridized carbons (Fsp3) is 0.385. The molecule has 1 N–H and O–H groups in total. The third-order valence-electron chi connectivity index (χ3n) is 2.77. The first-order valence-corrected chi connectivity index (χ1v) is 7.02. The van der Waals surface area contributed by atoms with Gasteiger partial charge in [0.25, 0.3) is 5.56 Å². The first kappa shape index (κ1) is 13.9. The van der Waals surface area contributed by atoms with E-state index >= 15 is 0 Å². The summed E-state index contributed by atoms with van der Waals surface area (Å²) in [7, 11) is 0. The molecule has 0 unspecified atom stereocenters. The highest BCUT2D eigenvalue weighted by Gasteiger charge is 2.08. The number of rotatable bonds is 6. The van der Waals surface area contributed by atoms with Crippen molar-refractivity contribution < 1.29 is 4.42 Å². The zero-order valence-corrected chi connectivity index (χ0v) is 12.3. The summed E-state index contributed by atoms with van der Waals surface area (Å²) in [5.41, 5.74) is 1.60. The van der Waals surface area contributed by atoms with Gasteiger partial charge in [-0.3, -0.25) is 4.79 Å². The fourth-order valence-corrected chi connectivity index (χ4v) is 2.09. The number of anilines is 1. The Hall–Kier alpha value is -1.56. The molecule has 0 fully saturated rings. The van der Waals surface area contributed by atoms with Gasteiger partial charge in [-0.2, -0.15) is 5.10 Å². The number of hydrogen-bond acceptors (Lipinski definition) is 4. The Bertz CT molecular complexity index is 578. The molecule has 2 aromatic rings. The lowest BCUT2D eigenvalue weighted by molar-refractivity contribution is 0.541. The number of aromatic nitrogens is 2. The molecule has 0 bridgehead atoms. The van der Waals surface area contributed by atoms with Crippen molar-refractivity contribution in [2.24, 2.45) is 0 Å². The van der Waals surface area contributed by atoms with Crippen molar-refractivity contribution in [3.8, 4) is 0 Å². The van der Waals surface area contributed by atoms with Crippen LogP contribution in [-0.2, 0) is 13.1 Å². The van der Waals surface area contributed by atoms with Crippen molar-refractivity contribution in [2.75, 3.05) is 5.32 Å². The van der Waals surface area contributed by atoms with Crippen LogP contribution in [0.1, 0.15) is 25.3 Å². The van der Waals surface area contributed by atoms with E-state index in [9.17, 15) is 4.79 Å². The van der Waals surface area contributed by atoms with Crippen LogP contribution in [0.5, 0.6) is 0 Å². The third-order valence-corrected chi connectivity index (χ3v) is 3.54. The Morgan fingerprint density at radius 2 is 2.37 bits per heavy atom. The number of hydrogen-bond donors (Lipinski definition) is 1. The molecule has 0 aliphatic heterocycles. The Labute approximate surface area is 119 Å². The molecule has 0 atom stereocenters. The molecule has 0 spiro atoms. The van der Waals surface area contributed by atoms with E-state index in [1.807, 2.05) is 6.07 Å². The van der Waals surface area contributed by atoms with Gasteiger partial charge in [-0.25, -0.2) is 4.68 Å². The lowest BCUT2D eigenvalue weighted by Crippen LogP contribution is -2.24. The first-order valence-electron chi connectivity index (χ1n) is 6.23. The van der Waals surface area contributed by atoms with Crippen molar-refractivity contribution in [1.82, 2.24) is 9.78 Å². The maximum absolute atomic E-state index is 12.1. The van der Waals surface area contributed by atoms with Crippen LogP contribution in [0.25, 0.3) is 0 Å². The second kappa shape index (κ2) is 6.56. The second-order valence-electron chi connectivity index (χ2n) is 4.24. The van der Waals surface area contributed by atoms with Gasteiger partial charge in [0.2, 0.25) is 0 Å². The van der Waals surface area contributed by atoms with Crippen LogP contribution in [0, 0.1) is 0 Å². The Balaban J connectivity index is 2.09. The standard InChI is InChI=1S/C13H16BrN3O2/c1-2-3-5-17-13(18)12(14)11(8-16-17)15-7-10-4-6-19-9-10/h4,6,8-9,15H,2-3,5,7H2,1H3. The molecule has 19 heavy (non-hydrogen) atoms. The van der Waals surface area contributed by atoms with Gasteiger partial charge in [0.15, 0.2) is 0 Å². The first-order chi connectivity index (χ1) is 9.22. The molecule has 0 saturated heterocycles. The Morgan fingerprint density at radius 1 is 1.53 bits per heavy atom. The lowest BCUT2D eigenvalue weighted by Gasteiger charge is -2.09. The molecule has 0 radical (unpaired) electrons. The highest BCUT2D eigenvalue weighted by Crippen LogP contribution is 2.17. The molecular weight excluding hydrogens is 310 g/mol. The van der Waals surface area contributed by atoms with E-state index in [1.54, 1.807) is 18.7 Å². The second-order valence-corrected chi connectivity index (χ2v) is 5.03. The Kier molecular flexibility index (Phi) is 4.79. The number of nitrogens with one attached hydrogen (secondary N) is 1. The van der Waals surface area contributed by atoms with E-state index in [1.165, 1.54) is 4.68 Å². The molecular formula is C13H16BrN3O2. The van der Waals surface area contributed by atoms with Gasteiger partial charge in [0.05, 0.1) is 24.4 Å². The van der Waals surface area contributed by atoms with Crippen molar-refractivity contribution in [3.63, 3.8) is 0 Å². The van der Waals surface area contributed by atoms with Crippen molar-refractivity contribution in [3.05, 3.63) is 45.2 Å². The lowest BCUT2D eigenvalue weighted by atomic mass is 10.3. The van der Waals surface area contributed by atoms with Crippen LogP contribution in [0.4, 0.5) is 5.69 Å². The number of furan rings is 1. The van der Waals surface area contributed by atoms with Gasteiger partial charge >= 0.3 is 0 Å². The van der Waals surface area contributed by atoms with Crippen LogP contribution in [0.2, 0.25) is 0 Å². The van der Waals surface area contributed by atoms with Crippen molar-refractivity contribution in [2.45, 2.75) is 32.9 Å². The maximum Gasteiger partial charge on any atom is 0.283 e. The van der Waals surface area contributed by atoms with Crippen LogP contribution >= 0.6 is 15.9 Å². The normalized spacial score (nSPS) is 10.6. The molecule has 2 rings (SSSR count). The van der Waals surface area contributed by atoms with Gasteiger partial charge in [-0.15, -0.1) is 0 Å². The summed E-state index contributed by atoms with van der Waals surface area (Å²) >= 11 is 3.33. The van der Waals surface area contributed by atoms with Crippen molar-refractivity contribution in [1.29, 1.82) is 0 Å². The smallest absolute Gasteiger partial charge is 0.283 e. The fourth-order valence-electron chi connectivity index (χ4n) is 1.65. The van der Waals surface area contributed by atoms with Gasteiger partial charge in [-0.05, 0) is 28.4 Å². The van der Waals surface area contributed by atoms with Crippen LogP contribution in [-0.4, -0.2) is 9.78 Å². The summed E-state index contributed by atoms with van der Waals surface area (Å²) in [6, 6.07) is 1.87. The molecule has 6 heteroatoms. The molecule has 2 aromatic heterocycles. The minimum Gasteiger partial charge on any atom is -0.472 e. The molecule has 0 aliphatic rings. The summed E-state index contributed by atoms with van der Waals surface area (Å²) < 4.78 is 6.99. The van der Waals surface area contributed by atoms with E-state index in [2.05, 4.69) is 33.3 Å². The van der Waals surface area contributed by atoms with Crippen molar-refractivity contribution >= 4 is 21.6 Å². The minimum atomic E-state index is -0.106. The minimum absolute atomic E-state index is 0.106. The SMILES string of the molecule is CCCCn1ncc(NCc2ccoc2)c(Br)c1=O. The summed E-state index contributed by atoms with van der Waals surface area (Å²) in [6.07, 6.45) is 6.93. The van der Waals surface area contributed by atoms with Gasteiger partial charge in [0.1, 0.15) is 4.47 Å². The summed E-state index contributed by atoms with van der Waals surface area (Å²) in [5.74, 6) is 0. The van der Waals surface area contributed by atoms with Crippen LogP contribution in [0.3, 0.4) is 0 Å². The average molecular weight is 326 g/mol. The Morgan fingerprint density at radius 3 is 3.05 bits per heavy atom. The van der Waals surface area contributed by atoms with E-state index in [0.29, 0.717) is 23.2 Å². The van der Waals surface area contributed by atoms with Gasteiger partial charge in [0, 0.05) is 18.7 Å². The van der Waals surface area contributed by atoms with Crippen LogP contribution < -0.4 is 10.9 Å². The maximum atomic E-state index is 12.1. The van der Waals surface area contributed by atoms with Crippen LogP contribution in [0.15, 0.2) is 38.5 Å². The van der Waals surface area contributed by atoms with E-state index in [0.717, 1.165) is 18.4 Å². The zero-order valence-electron chi connectivity index (χ0n) is 10.7. The summed E-state index contributed by atoms with van der Waals surface area (Å²) in [6.45, 7) is 3.33. The molecule has 0 amide bonds. The van der Waals surface area contributed by atoms with E-state index < -0.39 is 0 Å². The van der Waals surface area contributed by atoms with Gasteiger partial charge in [-0.1, -0.05) is 13.3 Å². The quantitative estimate of drug-likeness (QED) is 0.886. The molecule has 0 aliphatic carbocycles. The number of nitrogens with zero attached hydrogens (tertiary/aromatic N) is 2. The number of aryl methyl sites for hydroxylation is 1. The van der Waals surface area contributed by atoms with E-state index in [-0.39, 0.29) is 5.56 Å². The number of unbranched alkanes of at least 4 members (excludes halogenated alkanes) is 1. The predicted octanol–water partition coefficient (Wildman–Crippen LogP) is 3.01. The largest absolute Gasteiger partial charge is 0.472 e. The topological polar surface area (TPSA) is 60.1 Å². The highest BCUT2D eigenvalue weighted by molar-refractivity contribution is 9.10. The average Bonchev–Trinajstić information content (AvgIpc) is 2.92. The van der Waals surface area contributed by atoms with E-state index in [4.69, 9.17) is 4.42 Å². The molecule has 5 nitrogen and oxygen atoms in total. The zero-order chi connectivity index (χ0) is 13.7. The molecule has 102 valence electrons. The molecule has 0 saturated carbocycles. The van der Waals surface area contributed by atoms with Gasteiger partial charge < -0.3 is 9.73 Å². The monoisotopic (exact) mass is 325 g/mol. The highest BCUT2D eigenvalue weighted by atomic mass is 79.9. The third kappa shape index (κ3) is 3.47.